The number of nitrogens with one attached hydrogen (secondary N) is 1. The van der Waals surface area contributed by atoms with Gasteiger partial charge >= 0.3 is 0 Å². The molecule has 58 valence electrons. The van der Waals surface area contributed by atoms with E-state index in [1.165, 1.54) is 19.3 Å². The summed E-state index contributed by atoms with van der Waals surface area (Å²) in [5.41, 5.74) is 5.89. The van der Waals surface area contributed by atoms with Crippen LogP contribution in [0.4, 0.5) is 0 Å². The summed E-state index contributed by atoms with van der Waals surface area (Å²) in [6, 6.07) is 0.445. The lowest BCUT2D eigenvalue weighted by Crippen LogP contribution is -2.29. The van der Waals surface area contributed by atoms with Gasteiger partial charge in [0.2, 0.25) is 0 Å². The Balaban J connectivity index is 1.79. The Morgan fingerprint density at radius 2 is 2.10 bits per heavy atom. The van der Waals surface area contributed by atoms with Crippen molar-refractivity contribution in [2.45, 2.75) is 25.3 Å². The molecule has 0 unspecified atom stereocenters. The average molecular weight is 140 g/mol. The van der Waals surface area contributed by atoms with Gasteiger partial charge in [-0.2, -0.15) is 0 Å². The smallest absolute Gasteiger partial charge is 0.0206 e. The van der Waals surface area contributed by atoms with Crippen molar-refractivity contribution in [3.63, 3.8) is 0 Å². The molecule has 0 bridgehead atoms. The maximum atomic E-state index is 5.89. The molecule has 1 saturated heterocycles. The molecule has 10 heavy (non-hydrogen) atoms. The summed E-state index contributed by atoms with van der Waals surface area (Å²) in [6.45, 7) is 2.20. The lowest BCUT2D eigenvalue weighted by molar-refractivity contribution is 0.449. The van der Waals surface area contributed by atoms with E-state index in [0.29, 0.717) is 6.04 Å². The van der Waals surface area contributed by atoms with Gasteiger partial charge in [-0.3, -0.25) is 0 Å². The molecule has 0 spiro atoms. The third kappa shape index (κ3) is 1.32. The molecule has 2 atom stereocenters. The molecule has 1 heterocycles. The van der Waals surface area contributed by atoms with Gasteiger partial charge in [0, 0.05) is 12.6 Å². The highest BCUT2D eigenvalue weighted by atomic mass is 15.0. The molecule has 1 saturated carbocycles. The molecular formula is C8H16N2. The molecular weight excluding hydrogens is 124 g/mol. The van der Waals surface area contributed by atoms with Crippen molar-refractivity contribution in [2.24, 2.45) is 17.6 Å². The molecule has 1 aliphatic heterocycles. The Labute approximate surface area is 62.2 Å². The fourth-order valence-corrected chi connectivity index (χ4v) is 1.79. The molecule has 2 fully saturated rings. The maximum Gasteiger partial charge on any atom is 0.0206 e. The van der Waals surface area contributed by atoms with Crippen molar-refractivity contribution < 1.29 is 0 Å². The van der Waals surface area contributed by atoms with Crippen LogP contribution in [0, 0.1) is 11.8 Å². The van der Waals surface area contributed by atoms with Gasteiger partial charge in [0.1, 0.15) is 0 Å². The van der Waals surface area contributed by atoms with Crippen LogP contribution >= 0.6 is 0 Å². The van der Waals surface area contributed by atoms with Gasteiger partial charge in [0.15, 0.2) is 0 Å². The lowest BCUT2D eigenvalue weighted by Gasteiger charge is -2.12. The highest BCUT2D eigenvalue weighted by Gasteiger charge is 2.30. The molecule has 2 nitrogen and oxygen atoms in total. The molecule has 2 rings (SSSR count). The fourth-order valence-electron chi connectivity index (χ4n) is 1.79. The van der Waals surface area contributed by atoms with Crippen LogP contribution in [0.1, 0.15) is 19.3 Å². The van der Waals surface area contributed by atoms with E-state index < -0.39 is 0 Å². The normalized spacial score (nSPS) is 40.5. The second-order valence-electron chi connectivity index (χ2n) is 3.76. The van der Waals surface area contributed by atoms with Crippen molar-refractivity contribution in [3.05, 3.63) is 0 Å². The van der Waals surface area contributed by atoms with E-state index >= 15 is 0 Å². The first-order chi connectivity index (χ1) is 4.86. The average Bonchev–Trinajstić information content (AvgIpc) is 2.62. The van der Waals surface area contributed by atoms with Crippen molar-refractivity contribution in [3.8, 4) is 0 Å². The topological polar surface area (TPSA) is 38.0 Å². The van der Waals surface area contributed by atoms with Crippen LogP contribution in [0.3, 0.4) is 0 Å². The summed E-state index contributed by atoms with van der Waals surface area (Å²) < 4.78 is 0. The van der Waals surface area contributed by atoms with E-state index in [-0.39, 0.29) is 0 Å². The second-order valence-corrected chi connectivity index (χ2v) is 3.76. The Kier molecular flexibility index (Phi) is 1.66. The van der Waals surface area contributed by atoms with Gasteiger partial charge < -0.3 is 11.1 Å². The largest absolute Gasteiger partial charge is 0.326 e. The van der Waals surface area contributed by atoms with Crippen molar-refractivity contribution in [2.75, 3.05) is 13.1 Å². The molecule has 0 aromatic carbocycles. The van der Waals surface area contributed by atoms with Crippen LogP contribution in [-0.2, 0) is 0 Å². The van der Waals surface area contributed by atoms with Crippen molar-refractivity contribution in [1.82, 2.24) is 5.32 Å². The van der Waals surface area contributed by atoms with Gasteiger partial charge in [0.25, 0.3) is 0 Å². The SMILES string of the molecule is N[C@H]1CNC[C@H]1CC1CC1. The molecule has 1 aliphatic carbocycles. The third-order valence-electron chi connectivity index (χ3n) is 2.73. The maximum absolute atomic E-state index is 5.89. The molecule has 0 aromatic heterocycles. The molecule has 0 radical (unpaired) electrons. The lowest BCUT2D eigenvalue weighted by atomic mass is 9.98. The first kappa shape index (κ1) is 6.62. The van der Waals surface area contributed by atoms with E-state index in [1.807, 2.05) is 0 Å². The summed E-state index contributed by atoms with van der Waals surface area (Å²) in [7, 11) is 0. The number of hydrogen-bond donors (Lipinski definition) is 2. The number of rotatable bonds is 2. The van der Waals surface area contributed by atoms with Crippen LogP contribution in [0.5, 0.6) is 0 Å². The van der Waals surface area contributed by atoms with Crippen LogP contribution in [0.25, 0.3) is 0 Å². The molecule has 3 N–H and O–H groups in total. The Hall–Kier alpha value is -0.0800. The van der Waals surface area contributed by atoms with Crippen molar-refractivity contribution in [1.29, 1.82) is 0 Å². The van der Waals surface area contributed by atoms with Crippen LogP contribution < -0.4 is 11.1 Å². The molecule has 2 heteroatoms. The first-order valence-corrected chi connectivity index (χ1v) is 4.32. The standard InChI is InChI=1S/C8H16N2/c9-8-5-10-4-7(8)3-6-1-2-6/h6-8,10H,1-5,9H2/t7-,8+/m1/s1. The van der Waals surface area contributed by atoms with Gasteiger partial charge in [0.05, 0.1) is 0 Å². The van der Waals surface area contributed by atoms with Crippen molar-refractivity contribution >= 4 is 0 Å². The summed E-state index contributed by atoms with van der Waals surface area (Å²) in [5, 5.41) is 3.33. The Morgan fingerprint density at radius 1 is 1.30 bits per heavy atom. The minimum Gasteiger partial charge on any atom is -0.326 e. The monoisotopic (exact) mass is 140 g/mol. The fraction of sp³-hybridized carbons (Fsp3) is 1.00. The predicted octanol–water partition coefficient (Wildman–Crippen LogP) is 0.333. The highest BCUT2D eigenvalue weighted by molar-refractivity contribution is 4.88. The minimum absolute atomic E-state index is 0.445. The van der Waals surface area contributed by atoms with Gasteiger partial charge in [-0.25, -0.2) is 0 Å². The Bertz CT molecular complexity index is 120. The molecule has 0 aromatic rings. The quantitative estimate of drug-likeness (QED) is 0.580. The zero-order valence-corrected chi connectivity index (χ0v) is 6.34. The predicted molar refractivity (Wildman–Crippen MR) is 41.7 cm³/mol. The number of hydrogen-bond acceptors (Lipinski definition) is 2. The third-order valence-corrected chi connectivity index (χ3v) is 2.73. The van der Waals surface area contributed by atoms with E-state index in [1.54, 1.807) is 0 Å². The zero-order valence-electron chi connectivity index (χ0n) is 6.34. The minimum atomic E-state index is 0.445. The van der Waals surface area contributed by atoms with Crippen LogP contribution in [-0.4, -0.2) is 19.1 Å². The summed E-state index contributed by atoms with van der Waals surface area (Å²) >= 11 is 0. The highest BCUT2D eigenvalue weighted by Crippen LogP contribution is 2.36. The molecule has 2 aliphatic rings. The second kappa shape index (κ2) is 2.51. The van der Waals surface area contributed by atoms with Crippen LogP contribution in [0.2, 0.25) is 0 Å². The summed E-state index contributed by atoms with van der Waals surface area (Å²) in [6.07, 6.45) is 4.31. The molecule has 0 amide bonds. The number of nitrogens with two attached hydrogens (primary N) is 1. The van der Waals surface area contributed by atoms with Gasteiger partial charge in [-0.15, -0.1) is 0 Å². The van der Waals surface area contributed by atoms with E-state index in [4.69, 9.17) is 5.73 Å². The van der Waals surface area contributed by atoms with E-state index in [0.717, 1.165) is 24.9 Å². The summed E-state index contributed by atoms with van der Waals surface area (Å²) in [5.74, 6) is 1.82. The Morgan fingerprint density at radius 3 is 2.60 bits per heavy atom. The van der Waals surface area contributed by atoms with E-state index in [9.17, 15) is 0 Å². The zero-order chi connectivity index (χ0) is 6.97. The van der Waals surface area contributed by atoms with Gasteiger partial charge in [-0.1, -0.05) is 12.8 Å². The summed E-state index contributed by atoms with van der Waals surface area (Å²) in [4.78, 5) is 0. The van der Waals surface area contributed by atoms with Gasteiger partial charge in [-0.05, 0) is 24.8 Å². The first-order valence-electron chi connectivity index (χ1n) is 4.32. The van der Waals surface area contributed by atoms with Crippen LogP contribution in [0.15, 0.2) is 0 Å². The van der Waals surface area contributed by atoms with E-state index in [2.05, 4.69) is 5.32 Å².